The molecule has 0 saturated carbocycles. The quantitative estimate of drug-likeness (QED) is 0.831. The van der Waals surface area contributed by atoms with Crippen LogP contribution in [0.4, 0.5) is 17.6 Å². The Labute approximate surface area is 133 Å². The fourth-order valence-corrected chi connectivity index (χ4v) is 2.58. The van der Waals surface area contributed by atoms with Gasteiger partial charge in [0.1, 0.15) is 5.82 Å². The van der Waals surface area contributed by atoms with Gasteiger partial charge in [0, 0.05) is 16.3 Å². The molecule has 2 aromatic rings. The smallest absolute Gasteiger partial charge is 0.369 e. The van der Waals surface area contributed by atoms with Crippen molar-refractivity contribution in [3.05, 3.63) is 51.6 Å². The Balaban J connectivity index is 2.48. The number of halogens is 5. The SMILES string of the molecule is Cc1[nH]nc(C(F)(F)F)c1C(Cc1ccc(F)cc1Cl)C(N)=O. The van der Waals surface area contributed by atoms with Crippen LogP contribution in [0.15, 0.2) is 18.2 Å². The van der Waals surface area contributed by atoms with Crippen LogP contribution in [-0.4, -0.2) is 16.1 Å². The number of H-pyrrole nitrogens is 1. The number of carbonyl (C=O) groups excluding carboxylic acids is 1. The van der Waals surface area contributed by atoms with E-state index in [2.05, 4.69) is 10.2 Å². The number of alkyl halides is 3. The molecular formula is C14H12ClF4N3O. The highest BCUT2D eigenvalue weighted by Gasteiger charge is 2.40. The third-order valence-electron chi connectivity index (χ3n) is 3.39. The van der Waals surface area contributed by atoms with Crippen LogP contribution in [-0.2, 0) is 17.4 Å². The lowest BCUT2D eigenvalue weighted by Crippen LogP contribution is -2.26. The molecule has 1 aromatic carbocycles. The van der Waals surface area contributed by atoms with Gasteiger partial charge in [-0.15, -0.1) is 0 Å². The Morgan fingerprint density at radius 3 is 2.61 bits per heavy atom. The number of amides is 1. The first-order valence-electron chi connectivity index (χ1n) is 6.46. The van der Waals surface area contributed by atoms with Crippen molar-refractivity contribution < 1.29 is 22.4 Å². The maximum Gasteiger partial charge on any atom is 0.435 e. The molecule has 0 aliphatic rings. The van der Waals surface area contributed by atoms with Crippen molar-refractivity contribution in [2.45, 2.75) is 25.4 Å². The zero-order chi connectivity index (χ0) is 17.4. The number of carbonyl (C=O) groups is 1. The van der Waals surface area contributed by atoms with Gasteiger partial charge in [-0.2, -0.15) is 18.3 Å². The molecule has 4 nitrogen and oxygen atoms in total. The van der Waals surface area contributed by atoms with Gasteiger partial charge in [-0.3, -0.25) is 9.89 Å². The van der Waals surface area contributed by atoms with Gasteiger partial charge in [0.15, 0.2) is 5.69 Å². The molecule has 0 bridgehead atoms. The first-order valence-corrected chi connectivity index (χ1v) is 6.84. The number of benzene rings is 1. The van der Waals surface area contributed by atoms with Gasteiger partial charge < -0.3 is 5.73 Å². The standard InChI is InChI=1S/C14H12ClF4N3O/c1-6-11(12(22-21-6)14(17,18)19)9(13(20)23)4-7-2-3-8(16)5-10(7)15/h2-3,5,9H,4H2,1H3,(H2,20,23)(H,21,22). The average Bonchev–Trinajstić information content (AvgIpc) is 2.79. The van der Waals surface area contributed by atoms with Gasteiger partial charge in [-0.05, 0) is 31.0 Å². The lowest BCUT2D eigenvalue weighted by molar-refractivity contribution is -0.142. The number of nitrogens with one attached hydrogen (secondary N) is 1. The summed E-state index contributed by atoms with van der Waals surface area (Å²) >= 11 is 5.87. The van der Waals surface area contributed by atoms with Crippen LogP contribution in [0.5, 0.6) is 0 Å². The predicted octanol–water partition coefficient (Wildman–Crippen LogP) is 3.34. The Morgan fingerprint density at radius 2 is 2.09 bits per heavy atom. The van der Waals surface area contributed by atoms with Crippen LogP contribution < -0.4 is 5.73 Å². The number of aryl methyl sites for hydroxylation is 1. The van der Waals surface area contributed by atoms with Crippen molar-refractivity contribution in [1.82, 2.24) is 10.2 Å². The molecule has 9 heteroatoms. The summed E-state index contributed by atoms with van der Waals surface area (Å²) in [5.41, 5.74) is 4.14. The molecule has 0 radical (unpaired) electrons. The number of hydrogen-bond donors (Lipinski definition) is 2. The molecule has 1 unspecified atom stereocenters. The average molecular weight is 350 g/mol. The minimum Gasteiger partial charge on any atom is -0.369 e. The number of nitrogens with zero attached hydrogens (tertiary/aromatic N) is 1. The normalized spacial score (nSPS) is 13.1. The van der Waals surface area contributed by atoms with Crippen molar-refractivity contribution in [3.63, 3.8) is 0 Å². The Hall–Kier alpha value is -2.09. The van der Waals surface area contributed by atoms with E-state index in [4.69, 9.17) is 17.3 Å². The molecule has 1 aromatic heterocycles. The highest BCUT2D eigenvalue weighted by atomic mass is 35.5. The molecule has 3 N–H and O–H groups in total. The fraction of sp³-hybridized carbons (Fsp3) is 0.286. The highest BCUT2D eigenvalue weighted by molar-refractivity contribution is 6.31. The van der Waals surface area contributed by atoms with E-state index in [1.807, 2.05) is 0 Å². The summed E-state index contributed by atoms with van der Waals surface area (Å²) in [4.78, 5) is 11.7. The van der Waals surface area contributed by atoms with Crippen LogP contribution >= 0.6 is 11.6 Å². The molecule has 1 amide bonds. The summed E-state index contributed by atoms with van der Waals surface area (Å²) < 4.78 is 52.2. The van der Waals surface area contributed by atoms with Crippen LogP contribution in [0.3, 0.4) is 0 Å². The number of aromatic nitrogens is 2. The van der Waals surface area contributed by atoms with E-state index in [9.17, 15) is 22.4 Å². The first kappa shape index (κ1) is 17.3. The van der Waals surface area contributed by atoms with Gasteiger partial charge in [-0.25, -0.2) is 4.39 Å². The van der Waals surface area contributed by atoms with Gasteiger partial charge in [-0.1, -0.05) is 17.7 Å². The van der Waals surface area contributed by atoms with E-state index in [0.29, 0.717) is 5.56 Å². The van der Waals surface area contributed by atoms with Crippen LogP contribution in [0, 0.1) is 12.7 Å². The largest absolute Gasteiger partial charge is 0.435 e. The molecule has 1 heterocycles. The molecule has 2 rings (SSSR count). The minimum atomic E-state index is -4.74. The number of aromatic amines is 1. The van der Waals surface area contributed by atoms with Crippen LogP contribution in [0.1, 0.15) is 28.4 Å². The second-order valence-electron chi connectivity index (χ2n) is 5.00. The fourth-order valence-electron chi connectivity index (χ4n) is 2.33. The molecular weight excluding hydrogens is 338 g/mol. The minimum absolute atomic E-state index is 0.00552. The second-order valence-corrected chi connectivity index (χ2v) is 5.41. The number of rotatable bonds is 4. The van der Waals surface area contributed by atoms with E-state index in [-0.39, 0.29) is 22.7 Å². The zero-order valence-corrected chi connectivity index (χ0v) is 12.6. The van der Waals surface area contributed by atoms with Gasteiger partial charge in [0.2, 0.25) is 5.91 Å². The highest BCUT2D eigenvalue weighted by Crippen LogP contribution is 2.37. The van der Waals surface area contributed by atoms with E-state index < -0.39 is 29.5 Å². The topological polar surface area (TPSA) is 71.8 Å². The van der Waals surface area contributed by atoms with Gasteiger partial charge in [0.25, 0.3) is 0 Å². The summed E-state index contributed by atoms with van der Waals surface area (Å²) in [6, 6.07) is 3.42. The molecule has 23 heavy (non-hydrogen) atoms. The maximum atomic E-state index is 13.1. The maximum absolute atomic E-state index is 13.1. The monoisotopic (exact) mass is 349 g/mol. The number of nitrogens with two attached hydrogens (primary N) is 1. The third kappa shape index (κ3) is 3.64. The lowest BCUT2D eigenvalue weighted by Gasteiger charge is -2.17. The molecule has 124 valence electrons. The van der Waals surface area contributed by atoms with Crippen LogP contribution in [0.25, 0.3) is 0 Å². The summed E-state index contributed by atoms with van der Waals surface area (Å²) in [6.45, 7) is 1.36. The Morgan fingerprint density at radius 1 is 1.43 bits per heavy atom. The summed E-state index contributed by atoms with van der Waals surface area (Å²) in [7, 11) is 0. The summed E-state index contributed by atoms with van der Waals surface area (Å²) in [5, 5.41) is 5.44. The number of hydrogen-bond acceptors (Lipinski definition) is 2. The molecule has 0 aliphatic heterocycles. The third-order valence-corrected chi connectivity index (χ3v) is 3.75. The lowest BCUT2D eigenvalue weighted by atomic mass is 9.89. The summed E-state index contributed by atoms with van der Waals surface area (Å²) in [5.74, 6) is -2.85. The molecule has 0 aliphatic carbocycles. The summed E-state index contributed by atoms with van der Waals surface area (Å²) in [6.07, 6.45) is -4.93. The second kappa shape index (κ2) is 6.19. The predicted molar refractivity (Wildman–Crippen MR) is 75.4 cm³/mol. The number of primary amides is 1. The molecule has 0 saturated heterocycles. The van der Waals surface area contributed by atoms with E-state index in [1.165, 1.54) is 13.0 Å². The molecule has 0 spiro atoms. The molecule has 1 atom stereocenters. The van der Waals surface area contributed by atoms with Crippen molar-refractivity contribution >= 4 is 17.5 Å². The Kier molecular flexibility index (Phi) is 4.65. The van der Waals surface area contributed by atoms with E-state index in [1.54, 1.807) is 0 Å². The van der Waals surface area contributed by atoms with Crippen molar-refractivity contribution in [1.29, 1.82) is 0 Å². The zero-order valence-electron chi connectivity index (χ0n) is 11.8. The van der Waals surface area contributed by atoms with E-state index in [0.717, 1.165) is 12.1 Å². The van der Waals surface area contributed by atoms with Gasteiger partial charge in [0.05, 0.1) is 5.92 Å². The molecule has 0 fully saturated rings. The van der Waals surface area contributed by atoms with Crippen molar-refractivity contribution in [2.75, 3.05) is 0 Å². The Bertz CT molecular complexity index is 742. The van der Waals surface area contributed by atoms with Gasteiger partial charge >= 0.3 is 6.18 Å². The van der Waals surface area contributed by atoms with Crippen molar-refractivity contribution in [3.8, 4) is 0 Å². The van der Waals surface area contributed by atoms with Crippen molar-refractivity contribution in [2.24, 2.45) is 5.73 Å². The van der Waals surface area contributed by atoms with Crippen LogP contribution in [0.2, 0.25) is 5.02 Å². The first-order chi connectivity index (χ1) is 10.6. The van der Waals surface area contributed by atoms with E-state index >= 15 is 0 Å².